The minimum Gasteiger partial charge on any atom is -0.317 e. The van der Waals surface area contributed by atoms with Crippen molar-refractivity contribution < 1.29 is 8.42 Å². The maximum atomic E-state index is 12.4. The molecule has 1 aliphatic rings. The molecule has 2 aromatic rings. The SMILES string of the molecule is Cl.O=c1[nH]c(=O)c2cc(S(=O)(=O)NC3CCNCC3)ccc2[nH]1. The Labute approximate surface area is 138 Å². The second-order valence-corrected chi connectivity index (χ2v) is 6.98. The molecule has 3 rings (SSSR count). The monoisotopic (exact) mass is 360 g/mol. The van der Waals surface area contributed by atoms with Gasteiger partial charge in [0.1, 0.15) is 0 Å². The molecule has 4 N–H and O–H groups in total. The molecule has 0 unspecified atom stereocenters. The summed E-state index contributed by atoms with van der Waals surface area (Å²) in [6.07, 6.45) is 1.45. The maximum Gasteiger partial charge on any atom is 0.326 e. The Balaban J connectivity index is 0.00000192. The Bertz CT molecular complexity index is 915. The van der Waals surface area contributed by atoms with Crippen LogP contribution in [0.15, 0.2) is 32.7 Å². The predicted molar refractivity (Wildman–Crippen MR) is 88.7 cm³/mol. The topological polar surface area (TPSA) is 124 Å². The Morgan fingerprint density at radius 3 is 2.48 bits per heavy atom. The zero-order valence-electron chi connectivity index (χ0n) is 12.1. The van der Waals surface area contributed by atoms with Crippen LogP contribution in [0.1, 0.15) is 12.8 Å². The van der Waals surface area contributed by atoms with Gasteiger partial charge in [-0.05, 0) is 44.1 Å². The van der Waals surface area contributed by atoms with Gasteiger partial charge in [0.2, 0.25) is 10.0 Å². The Hall–Kier alpha value is -1.68. The highest BCUT2D eigenvalue weighted by Crippen LogP contribution is 2.15. The number of benzene rings is 1. The first-order chi connectivity index (χ1) is 10.5. The van der Waals surface area contributed by atoms with Crippen LogP contribution in [0.5, 0.6) is 0 Å². The van der Waals surface area contributed by atoms with Crippen molar-refractivity contribution in [2.45, 2.75) is 23.8 Å². The molecular formula is C13H17ClN4O4S. The van der Waals surface area contributed by atoms with Crippen molar-refractivity contribution in [3.8, 4) is 0 Å². The molecule has 0 aliphatic carbocycles. The molecular weight excluding hydrogens is 344 g/mol. The van der Waals surface area contributed by atoms with E-state index in [1.165, 1.54) is 18.2 Å². The van der Waals surface area contributed by atoms with Gasteiger partial charge in [-0.15, -0.1) is 12.4 Å². The highest BCUT2D eigenvalue weighted by Gasteiger charge is 2.22. The molecule has 1 aromatic heterocycles. The van der Waals surface area contributed by atoms with Crippen LogP contribution in [-0.2, 0) is 10.0 Å². The van der Waals surface area contributed by atoms with Crippen LogP contribution in [-0.4, -0.2) is 37.5 Å². The molecule has 1 fully saturated rings. The predicted octanol–water partition coefficient (Wildman–Crippen LogP) is -0.331. The number of sulfonamides is 1. The summed E-state index contributed by atoms with van der Waals surface area (Å²) in [5.74, 6) is 0. The van der Waals surface area contributed by atoms with Crippen molar-refractivity contribution in [1.29, 1.82) is 0 Å². The summed E-state index contributed by atoms with van der Waals surface area (Å²) in [7, 11) is -3.70. The number of nitrogens with one attached hydrogen (secondary N) is 4. The number of rotatable bonds is 3. The third-order valence-electron chi connectivity index (χ3n) is 3.68. The van der Waals surface area contributed by atoms with E-state index >= 15 is 0 Å². The Morgan fingerprint density at radius 1 is 1.09 bits per heavy atom. The molecule has 0 spiro atoms. The summed E-state index contributed by atoms with van der Waals surface area (Å²) in [5, 5.41) is 3.30. The van der Waals surface area contributed by atoms with Crippen molar-refractivity contribution in [2.24, 2.45) is 0 Å². The number of hydrogen-bond acceptors (Lipinski definition) is 5. The highest BCUT2D eigenvalue weighted by atomic mass is 35.5. The lowest BCUT2D eigenvalue weighted by Gasteiger charge is -2.23. The summed E-state index contributed by atoms with van der Waals surface area (Å²) < 4.78 is 27.5. The van der Waals surface area contributed by atoms with E-state index in [2.05, 4.69) is 20.0 Å². The fourth-order valence-corrected chi connectivity index (χ4v) is 3.87. The van der Waals surface area contributed by atoms with Crippen molar-refractivity contribution in [1.82, 2.24) is 20.0 Å². The van der Waals surface area contributed by atoms with Crippen LogP contribution in [0, 0.1) is 0 Å². The lowest BCUT2D eigenvalue weighted by molar-refractivity contribution is 0.427. The molecule has 0 bridgehead atoms. The van der Waals surface area contributed by atoms with Crippen LogP contribution in [0.3, 0.4) is 0 Å². The van der Waals surface area contributed by atoms with Gasteiger partial charge in [0.15, 0.2) is 0 Å². The number of halogens is 1. The largest absolute Gasteiger partial charge is 0.326 e. The average molecular weight is 361 g/mol. The minimum absolute atomic E-state index is 0. The highest BCUT2D eigenvalue weighted by molar-refractivity contribution is 7.89. The van der Waals surface area contributed by atoms with Gasteiger partial charge < -0.3 is 10.3 Å². The molecule has 0 amide bonds. The molecule has 23 heavy (non-hydrogen) atoms. The zero-order chi connectivity index (χ0) is 15.7. The summed E-state index contributed by atoms with van der Waals surface area (Å²) in [5.41, 5.74) is -0.937. The fourth-order valence-electron chi connectivity index (χ4n) is 2.54. The molecule has 1 aliphatic heterocycles. The number of piperidine rings is 1. The maximum absolute atomic E-state index is 12.4. The van der Waals surface area contributed by atoms with Crippen molar-refractivity contribution >= 4 is 33.3 Å². The third-order valence-corrected chi connectivity index (χ3v) is 5.20. The van der Waals surface area contributed by atoms with Crippen LogP contribution in [0.25, 0.3) is 10.9 Å². The van der Waals surface area contributed by atoms with Crippen molar-refractivity contribution in [3.05, 3.63) is 39.0 Å². The number of fused-ring (bicyclic) bond motifs is 1. The molecule has 2 heterocycles. The van der Waals surface area contributed by atoms with E-state index in [4.69, 9.17) is 0 Å². The number of aromatic amines is 2. The van der Waals surface area contributed by atoms with E-state index in [-0.39, 0.29) is 28.7 Å². The summed E-state index contributed by atoms with van der Waals surface area (Å²) >= 11 is 0. The molecule has 0 atom stereocenters. The van der Waals surface area contributed by atoms with E-state index in [0.29, 0.717) is 5.52 Å². The van der Waals surface area contributed by atoms with Crippen LogP contribution in [0.4, 0.5) is 0 Å². The first kappa shape index (κ1) is 17.7. The number of H-pyrrole nitrogens is 2. The van der Waals surface area contributed by atoms with Crippen LogP contribution < -0.4 is 21.3 Å². The molecule has 10 heteroatoms. The first-order valence-electron chi connectivity index (χ1n) is 6.95. The van der Waals surface area contributed by atoms with Gasteiger partial charge >= 0.3 is 5.69 Å². The minimum atomic E-state index is -3.70. The van der Waals surface area contributed by atoms with E-state index in [1.807, 2.05) is 0 Å². The van der Waals surface area contributed by atoms with Crippen LogP contribution in [0.2, 0.25) is 0 Å². The van der Waals surface area contributed by atoms with Crippen LogP contribution >= 0.6 is 12.4 Å². The van der Waals surface area contributed by atoms with Gasteiger partial charge in [0.25, 0.3) is 5.56 Å². The molecule has 8 nitrogen and oxygen atoms in total. The lowest BCUT2D eigenvalue weighted by Crippen LogP contribution is -2.42. The Kier molecular flexibility index (Phi) is 5.25. The van der Waals surface area contributed by atoms with E-state index in [0.717, 1.165) is 25.9 Å². The Morgan fingerprint density at radius 2 is 1.78 bits per heavy atom. The summed E-state index contributed by atoms with van der Waals surface area (Å²) in [6, 6.07) is 3.95. The molecule has 126 valence electrons. The zero-order valence-corrected chi connectivity index (χ0v) is 13.7. The van der Waals surface area contributed by atoms with Gasteiger partial charge in [-0.25, -0.2) is 17.9 Å². The molecule has 0 saturated carbocycles. The summed E-state index contributed by atoms with van der Waals surface area (Å²) in [6.45, 7) is 1.54. The molecule has 1 saturated heterocycles. The van der Waals surface area contributed by atoms with Gasteiger partial charge in [-0.1, -0.05) is 0 Å². The van der Waals surface area contributed by atoms with Gasteiger partial charge in [-0.3, -0.25) is 9.78 Å². The molecule has 1 aromatic carbocycles. The lowest BCUT2D eigenvalue weighted by atomic mass is 10.1. The normalized spacial score (nSPS) is 16.2. The second kappa shape index (κ2) is 6.83. The fraction of sp³-hybridized carbons (Fsp3) is 0.385. The van der Waals surface area contributed by atoms with E-state index in [9.17, 15) is 18.0 Å². The van der Waals surface area contributed by atoms with Gasteiger partial charge in [0.05, 0.1) is 15.8 Å². The van der Waals surface area contributed by atoms with Gasteiger partial charge in [-0.2, -0.15) is 0 Å². The smallest absolute Gasteiger partial charge is 0.317 e. The standard InChI is InChI=1S/C13H16N4O4S.ClH/c18-12-10-7-9(1-2-11(10)15-13(19)16-12)22(20,21)17-8-3-5-14-6-4-8;/h1-2,7-8,14,17H,3-6H2,(H2,15,16,18,19);1H. The summed E-state index contributed by atoms with van der Waals surface area (Å²) in [4.78, 5) is 27.5. The van der Waals surface area contributed by atoms with Crippen molar-refractivity contribution in [2.75, 3.05) is 13.1 Å². The average Bonchev–Trinajstić information content (AvgIpc) is 2.47. The van der Waals surface area contributed by atoms with E-state index in [1.54, 1.807) is 0 Å². The molecule has 0 radical (unpaired) electrons. The third kappa shape index (κ3) is 3.81. The van der Waals surface area contributed by atoms with Gasteiger partial charge in [0, 0.05) is 6.04 Å². The van der Waals surface area contributed by atoms with E-state index < -0.39 is 21.3 Å². The number of aromatic nitrogens is 2. The first-order valence-corrected chi connectivity index (χ1v) is 8.43. The quantitative estimate of drug-likeness (QED) is 0.596. The number of hydrogen-bond donors (Lipinski definition) is 4. The van der Waals surface area contributed by atoms with Crippen molar-refractivity contribution in [3.63, 3.8) is 0 Å². The second-order valence-electron chi connectivity index (χ2n) is 5.26.